The molecule has 1 rings (SSSR count). The van der Waals surface area contributed by atoms with Gasteiger partial charge in [0.05, 0.1) is 0 Å². The Morgan fingerprint density at radius 2 is 2.27 bits per heavy atom. The van der Waals surface area contributed by atoms with Crippen LogP contribution in [0.15, 0.2) is 21.6 Å². The summed E-state index contributed by atoms with van der Waals surface area (Å²) in [5.41, 5.74) is 0. The van der Waals surface area contributed by atoms with Crippen molar-refractivity contribution in [2.75, 3.05) is 25.9 Å². The molecule has 0 aliphatic carbocycles. The predicted octanol–water partition coefficient (Wildman–Crippen LogP) is 1.34. The van der Waals surface area contributed by atoms with Crippen molar-refractivity contribution in [2.24, 2.45) is 0 Å². The summed E-state index contributed by atoms with van der Waals surface area (Å²) in [6.07, 6.45) is 1.91. The summed E-state index contributed by atoms with van der Waals surface area (Å²) in [6.45, 7) is 4.33. The number of carbonyl (C=O) groups excluding carboxylic acids is 1. The second-order valence-electron chi connectivity index (χ2n) is 2.93. The number of hydrogen-bond acceptors (Lipinski definition) is 4. The lowest BCUT2D eigenvalue weighted by Crippen LogP contribution is -2.31. The first-order chi connectivity index (χ1) is 7.27. The lowest BCUT2D eigenvalue weighted by atomic mass is 10.4. The molecule has 4 nitrogen and oxygen atoms in total. The molecule has 5 heteroatoms. The molecule has 0 radical (unpaired) electrons. The SMILES string of the molecule is CCNCCNC(=O)c1ccc(SC)o1. The van der Waals surface area contributed by atoms with Crippen LogP contribution in [-0.4, -0.2) is 31.8 Å². The zero-order valence-electron chi connectivity index (χ0n) is 9.00. The average Bonchev–Trinajstić information content (AvgIpc) is 2.72. The summed E-state index contributed by atoms with van der Waals surface area (Å²) in [7, 11) is 0. The van der Waals surface area contributed by atoms with E-state index in [1.54, 1.807) is 12.1 Å². The van der Waals surface area contributed by atoms with Crippen LogP contribution in [0, 0.1) is 0 Å². The van der Waals surface area contributed by atoms with Crippen molar-refractivity contribution in [1.82, 2.24) is 10.6 Å². The second kappa shape index (κ2) is 6.53. The maximum Gasteiger partial charge on any atom is 0.287 e. The van der Waals surface area contributed by atoms with Crippen molar-refractivity contribution in [2.45, 2.75) is 12.0 Å². The Balaban J connectivity index is 2.33. The Kier molecular flexibility index (Phi) is 5.28. The van der Waals surface area contributed by atoms with Gasteiger partial charge in [-0.3, -0.25) is 4.79 Å². The normalized spacial score (nSPS) is 10.3. The number of hydrogen-bond donors (Lipinski definition) is 2. The Bertz CT molecular complexity index is 312. The fraction of sp³-hybridized carbons (Fsp3) is 0.500. The largest absolute Gasteiger partial charge is 0.445 e. The highest BCUT2D eigenvalue weighted by Crippen LogP contribution is 2.17. The minimum Gasteiger partial charge on any atom is -0.445 e. The number of thioether (sulfide) groups is 1. The lowest BCUT2D eigenvalue weighted by molar-refractivity contribution is 0.0921. The van der Waals surface area contributed by atoms with E-state index in [9.17, 15) is 4.79 Å². The third kappa shape index (κ3) is 3.97. The summed E-state index contributed by atoms with van der Waals surface area (Å²) in [6, 6.07) is 3.48. The molecule has 0 aromatic carbocycles. The number of furan rings is 1. The van der Waals surface area contributed by atoms with Crippen LogP contribution in [0.2, 0.25) is 0 Å². The molecular weight excluding hydrogens is 212 g/mol. The minimum absolute atomic E-state index is 0.159. The predicted molar refractivity (Wildman–Crippen MR) is 61.4 cm³/mol. The molecule has 15 heavy (non-hydrogen) atoms. The van der Waals surface area contributed by atoms with Crippen LogP contribution >= 0.6 is 11.8 Å². The smallest absolute Gasteiger partial charge is 0.287 e. The van der Waals surface area contributed by atoms with Gasteiger partial charge >= 0.3 is 0 Å². The topological polar surface area (TPSA) is 54.3 Å². The molecule has 0 aliphatic rings. The van der Waals surface area contributed by atoms with Crippen LogP contribution in [0.3, 0.4) is 0 Å². The first-order valence-corrected chi connectivity index (χ1v) is 6.13. The van der Waals surface area contributed by atoms with Crippen LogP contribution in [0.1, 0.15) is 17.5 Å². The van der Waals surface area contributed by atoms with Crippen LogP contribution in [0.25, 0.3) is 0 Å². The van der Waals surface area contributed by atoms with Gasteiger partial charge in [0.2, 0.25) is 0 Å². The highest BCUT2D eigenvalue weighted by molar-refractivity contribution is 7.98. The molecule has 2 N–H and O–H groups in total. The van der Waals surface area contributed by atoms with E-state index in [4.69, 9.17) is 4.42 Å². The van der Waals surface area contributed by atoms with Gasteiger partial charge < -0.3 is 15.1 Å². The molecule has 1 heterocycles. The molecule has 0 atom stereocenters. The molecule has 1 aromatic heterocycles. The maximum atomic E-state index is 11.5. The molecule has 0 bridgehead atoms. The number of carbonyl (C=O) groups is 1. The van der Waals surface area contributed by atoms with Crippen molar-refractivity contribution in [3.05, 3.63) is 17.9 Å². The Morgan fingerprint density at radius 3 is 2.87 bits per heavy atom. The van der Waals surface area contributed by atoms with Gasteiger partial charge in [-0.15, -0.1) is 0 Å². The van der Waals surface area contributed by atoms with Crippen molar-refractivity contribution in [3.8, 4) is 0 Å². The zero-order chi connectivity index (χ0) is 11.1. The number of likely N-dealkylation sites (N-methyl/N-ethyl adjacent to an activating group) is 1. The lowest BCUT2D eigenvalue weighted by Gasteiger charge is -2.02. The Hall–Kier alpha value is -0.940. The van der Waals surface area contributed by atoms with E-state index < -0.39 is 0 Å². The first-order valence-electron chi connectivity index (χ1n) is 4.90. The molecule has 84 valence electrons. The maximum absolute atomic E-state index is 11.5. The summed E-state index contributed by atoms with van der Waals surface area (Å²) in [4.78, 5) is 11.5. The Morgan fingerprint density at radius 1 is 1.47 bits per heavy atom. The number of nitrogens with one attached hydrogen (secondary N) is 2. The molecule has 0 spiro atoms. The van der Waals surface area contributed by atoms with Crippen molar-refractivity contribution < 1.29 is 9.21 Å². The van der Waals surface area contributed by atoms with E-state index in [1.165, 1.54) is 11.8 Å². The average molecular weight is 228 g/mol. The van der Waals surface area contributed by atoms with E-state index >= 15 is 0 Å². The highest BCUT2D eigenvalue weighted by Gasteiger charge is 2.09. The van der Waals surface area contributed by atoms with Gasteiger partial charge in [0.25, 0.3) is 5.91 Å². The standard InChI is InChI=1S/C10H16N2O2S/c1-3-11-6-7-12-10(13)8-4-5-9(14-8)15-2/h4-5,11H,3,6-7H2,1-2H3,(H,12,13). The van der Waals surface area contributed by atoms with E-state index in [0.29, 0.717) is 12.3 Å². The van der Waals surface area contributed by atoms with Gasteiger partial charge in [0, 0.05) is 13.1 Å². The number of amides is 1. The molecule has 1 amide bonds. The van der Waals surface area contributed by atoms with Crippen LogP contribution in [0.4, 0.5) is 0 Å². The van der Waals surface area contributed by atoms with Gasteiger partial charge in [-0.2, -0.15) is 0 Å². The zero-order valence-corrected chi connectivity index (χ0v) is 9.82. The third-order valence-corrected chi connectivity index (χ3v) is 2.47. The summed E-state index contributed by atoms with van der Waals surface area (Å²) >= 11 is 1.48. The van der Waals surface area contributed by atoms with Crippen LogP contribution in [-0.2, 0) is 0 Å². The van der Waals surface area contributed by atoms with Gasteiger partial charge in [-0.05, 0) is 24.9 Å². The number of rotatable bonds is 6. The van der Waals surface area contributed by atoms with Gasteiger partial charge in [0.1, 0.15) is 0 Å². The molecule has 0 saturated heterocycles. The van der Waals surface area contributed by atoms with Crippen molar-refractivity contribution in [1.29, 1.82) is 0 Å². The summed E-state index contributed by atoms with van der Waals surface area (Å²) in [5, 5.41) is 6.65. The fourth-order valence-electron chi connectivity index (χ4n) is 1.08. The highest BCUT2D eigenvalue weighted by atomic mass is 32.2. The van der Waals surface area contributed by atoms with Crippen LogP contribution in [0.5, 0.6) is 0 Å². The van der Waals surface area contributed by atoms with Crippen molar-refractivity contribution in [3.63, 3.8) is 0 Å². The molecular formula is C10H16N2O2S. The van der Waals surface area contributed by atoms with Gasteiger partial charge in [-0.25, -0.2) is 0 Å². The van der Waals surface area contributed by atoms with E-state index in [0.717, 1.165) is 18.2 Å². The molecule has 0 unspecified atom stereocenters. The molecule has 0 aliphatic heterocycles. The summed E-state index contributed by atoms with van der Waals surface area (Å²) in [5.74, 6) is 0.212. The first kappa shape index (κ1) is 12.1. The van der Waals surface area contributed by atoms with Crippen molar-refractivity contribution >= 4 is 17.7 Å². The van der Waals surface area contributed by atoms with Gasteiger partial charge in [0.15, 0.2) is 10.9 Å². The molecule has 1 aromatic rings. The third-order valence-electron chi connectivity index (χ3n) is 1.84. The summed E-state index contributed by atoms with van der Waals surface area (Å²) < 4.78 is 5.28. The van der Waals surface area contributed by atoms with E-state index in [-0.39, 0.29) is 5.91 Å². The van der Waals surface area contributed by atoms with E-state index in [1.807, 2.05) is 13.2 Å². The molecule has 0 saturated carbocycles. The quantitative estimate of drug-likeness (QED) is 0.570. The second-order valence-corrected chi connectivity index (χ2v) is 3.74. The van der Waals surface area contributed by atoms with Gasteiger partial charge in [-0.1, -0.05) is 18.7 Å². The fourth-order valence-corrected chi connectivity index (χ4v) is 1.46. The monoisotopic (exact) mass is 228 g/mol. The minimum atomic E-state index is -0.159. The van der Waals surface area contributed by atoms with Crippen LogP contribution < -0.4 is 10.6 Å². The molecule has 0 fully saturated rings. The Labute approximate surface area is 93.8 Å². The van der Waals surface area contributed by atoms with E-state index in [2.05, 4.69) is 10.6 Å².